The lowest BCUT2D eigenvalue weighted by molar-refractivity contribution is -0.536. The van der Waals surface area contributed by atoms with Crippen LogP contribution in [0.1, 0.15) is 35.6 Å². The summed E-state index contributed by atoms with van der Waals surface area (Å²) in [4.78, 5) is 23.9. The van der Waals surface area contributed by atoms with E-state index in [4.69, 9.17) is 9.15 Å². The molecule has 0 radical (unpaired) electrons. The van der Waals surface area contributed by atoms with Crippen LogP contribution in [-0.4, -0.2) is 23.0 Å². The molecule has 0 fully saturated rings. The normalized spacial score (nSPS) is 23.4. The number of nitro groups is 1. The van der Waals surface area contributed by atoms with Gasteiger partial charge < -0.3 is 9.15 Å². The highest BCUT2D eigenvalue weighted by molar-refractivity contribution is 5.76. The van der Waals surface area contributed by atoms with Crippen molar-refractivity contribution in [1.82, 2.24) is 0 Å². The largest absolute Gasteiger partial charge is 0.469 e. The minimum atomic E-state index is -1.20. The maximum absolute atomic E-state index is 12.4. The highest BCUT2D eigenvalue weighted by atomic mass is 16.6. The SMILES string of the molecule is CC(=O)O[C@@H]1C(c2ccccc2)=C[C@H](c2ccccc2)[C@@H](c2ccco2)[C@@H]1[N+](=O)[O-]. The monoisotopic (exact) mass is 403 g/mol. The molecule has 0 spiro atoms. The van der Waals surface area contributed by atoms with Crippen LogP contribution in [0.3, 0.4) is 0 Å². The number of hydrogen-bond acceptors (Lipinski definition) is 5. The van der Waals surface area contributed by atoms with Crippen molar-refractivity contribution in [2.75, 3.05) is 0 Å². The summed E-state index contributed by atoms with van der Waals surface area (Å²) < 4.78 is 11.2. The minimum absolute atomic E-state index is 0.324. The molecule has 1 aliphatic rings. The van der Waals surface area contributed by atoms with E-state index in [0.29, 0.717) is 11.3 Å². The third-order valence-corrected chi connectivity index (χ3v) is 5.43. The molecule has 0 aliphatic heterocycles. The van der Waals surface area contributed by atoms with Crippen molar-refractivity contribution in [2.45, 2.75) is 30.9 Å². The quantitative estimate of drug-likeness (QED) is 0.346. The average Bonchev–Trinajstić information content (AvgIpc) is 3.28. The first kappa shape index (κ1) is 19.6. The van der Waals surface area contributed by atoms with Gasteiger partial charge in [0.15, 0.2) is 6.10 Å². The predicted octanol–water partition coefficient (Wildman–Crippen LogP) is 4.82. The number of esters is 1. The van der Waals surface area contributed by atoms with E-state index >= 15 is 0 Å². The molecule has 0 bridgehead atoms. The van der Waals surface area contributed by atoms with E-state index in [2.05, 4.69) is 0 Å². The molecular weight excluding hydrogens is 382 g/mol. The first-order chi connectivity index (χ1) is 14.6. The number of furan rings is 1. The van der Waals surface area contributed by atoms with Crippen molar-refractivity contribution in [3.8, 4) is 0 Å². The Morgan fingerprint density at radius 1 is 1.00 bits per heavy atom. The molecule has 2 aromatic carbocycles. The summed E-state index contributed by atoms with van der Waals surface area (Å²) in [6.45, 7) is 1.27. The molecule has 3 aromatic rings. The van der Waals surface area contributed by atoms with Crippen molar-refractivity contribution >= 4 is 11.5 Å². The molecule has 30 heavy (non-hydrogen) atoms. The molecule has 0 saturated carbocycles. The number of ether oxygens (including phenoxy) is 1. The van der Waals surface area contributed by atoms with Crippen LogP contribution in [0, 0.1) is 10.1 Å². The molecular formula is C24H21NO5. The van der Waals surface area contributed by atoms with Gasteiger partial charge in [0, 0.05) is 23.3 Å². The Kier molecular flexibility index (Phi) is 5.48. The number of nitrogens with zero attached hydrogens (tertiary/aromatic N) is 1. The van der Waals surface area contributed by atoms with Gasteiger partial charge in [-0.2, -0.15) is 0 Å². The number of carbonyl (C=O) groups is 1. The van der Waals surface area contributed by atoms with Gasteiger partial charge in [-0.05, 0) is 23.3 Å². The van der Waals surface area contributed by atoms with Gasteiger partial charge in [0.1, 0.15) is 5.76 Å². The summed E-state index contributed by atoms with van der Waals surface area (Å²) in [7, 11) is 0. The number of hydrogen-bond donors (Lipinski definition) is 0. The first-order valence-electron chi connectivity index (χ1n) is 9.72. The fraction of sp³-hybridized carbons (Fsp3) is 0.208. The summed E-state index contributed by atoms with van der Waals surface area (Å²) >= 11 is 0. The maximum atomic E-state index is 12.4. The van der Waals surface area contributed by atoms with Crippen LogP contribution in [0.2, 0.25) is 0 Å². The van der Waals surface area contributed by atoms with Gasteiger partial charge in [-0.1, -0.05) is 66.7 Å². The first-order valence-corrected chi connectivity index (χ1v) is 9.72. The van der Waals surface area contributed by atoms with E-state index in [1.165, 1.54) is 13.2 Å². The molecule has 6 nitrogen and oxygen atoms in total. The molecule has 0 N–H and O–H groups in total. The smallest absolute Gasteiger partial charge is 0.303 e. The van der Waals surface area contributed by atoms with E-state index in [-0.39, 0.29) is 10.8 Å². The lowest BCUT2D eigenvalue weighted by Gasteiger charge is -2.36. The lowest BCUT2D eigenvalue weighted by Crippen LogP contribution is -2.46. The Morgan fingerprint density at radius 3 is 2.23 bits per heavy atom. The zero-order chi connectivity index (χ0) is 21.1. The van der Waals surface area contributed by atoms with Gasteiger partial charge in [-0.3, -0.25) is 14.9 Å². The molecule has 6 heteroatoms. The third kappa shape index (κ3) is 3.76. The van der Waals surface area contributed by atoms with Crippen molar-refractivity contribution in [1.29, 1.82) is 0 Å². The second-order valence-electron chi connectivity index (χ2n) is 7.27. The van der Waals surface area contributed by atoms with Gasteiger partial charge in [0.25, 0.3) is 6.04 Å². The summed E-state index contributed by atoms with van der Waals surface area (Å²) in [5.74, 6) is -1.03. The zero-order valence-corrected chi connectivity index (χ0v) is 16.4. The summed E-state index contributed by atoms with van der Waals surface area (Å²) in [5, 5.41) is 12.4. The molecule has 152 valence electrons. The molecule has 0 unspecified atom stereocenters. The fourth-order valence-electron chi connectivity index (χ4n) is 4.23. The summed E-state index contributed by atoms with van der Waals surface area (Å²) in [6, 6.07) is 21.2. The fourth-order valence-corrected chi connectivity index (χ4v) is 4.23. The van der Waals surface area contributed by atoms with E-state index in [9.17, 15) is 14.9 Å². The van der Waals surface area contributed by atoms with Crippen molar-refractivity contribution in [3.05, 3.63) is 112 Å². The van der Waals surface area contributed by atoms with Crippen LogP contribution in [0.15, 0.2) is 89.6 Å². The Morgan fingerprint density at radius 2 is 1.67 bits per heavy atom. The molecule has 0 saturated heterocycles. The molecule has 1 heterocycles. The average molecular weight is 403 g/mol. The van der Waals surface area contributed by atoms with Gasteiger partial charge in [-0.25, -0.2) is 0 Å². The van der Waals surface area contributed by atoms with E-state index in [1.807, 2.05) is 66.7 Å². The third-order valence-electron chi connectivity index (χ3n) is 5.43. The Balaban J connectivity index is 1.96. The molecule has 1 aromatic heterocycles. The molecule has 0 amide bonds. The summed E-state index contributed by atoms with van der Waals surface area (Å²) in [5.41, 5.74) is 2.35. The van der Waals surface area contributed by atoms with Crippen LogP contribution in [0.5, 0.6) is 0 Å². The predicted molar refractivity (Wildman–Crippen MR) is 111 cm³/mol. The molecule has 4 atom stereocenters. The van der Waals surface area contributed by atoms with Crippen LogP contribution in [-0.2, 0) is 9.53 Å². The molecule has 4 rings (SSSR count). The van der Waals surface area contributed by atoms with Gasteiger partial charge in [0.05, 0.1) is 12.2 Å². The highest BCUT2D eigenvalue weighted by Crippen LogP contribution is 2.47. The Hall–Kier alpha value is -3.67. The Bertz CT molecular complexity index is 1040. The number of benzene rings is 2. The second kappa shape index (κ2) is 8.37. The second-order valence-corrected chi connectivity index (χ2v) is 7.27. The number of carbonyl (C=O) groups excluding carboxylic acids is 1. The van der Waals surface area contributed by atoms with E-state index in [1.54, 1.807) is 12.1 Å². The van der Waals surface area contributed by atoms with Crippen LogP contribution in [0.4, 0.5) is 0 Å². The van der Waals surface area contributed by atoms with Gasteiger partial charge >= 0.3 is 5.97 Å². The molecule has 1 aliphatic carbocycles. The van der Waals surface area contributed by atoms with Crippen LogP contribution >= 0.6 is 0 Å². The Labute approximate surface area is 173 Å². The van der Waals surface area contributed by atoms with Gasteiger partial charge in [-0.15, -0.1) is 0 Å². The van der Waals surface area contributed by atoms with Crippen molar-refractivity contribution in [2.24, 2.45) is 0 Å². The topological polar surface area (TPSA) is 82.6 Å². The number of allylic oxidation sites excluding steroid dienone is 1. The van der Waals surface area contributed by atoms with E-state index < -0.39 is 24.0 Å². The standard InChI is InChI=1S/C24H21NO5/c1-16(26)30-24-20(18-11-6-3-7-12-18)15-19(17-9-4-2-5-10-17)22(23(24)25(27)28)21-13-8-14-29-21/h2-15,19,22-24H,1H3/t19-,22+,23+,24-/m1/s1. The van der Waals surface area contributed by atoms with Crippen molar-refractivity contribution in [3.63, 3.8) is 0 Å². The number of rotatable bonds is 5. The maximum Gasteiger partial charge on any atom is 0.303 e. The lowest BCUT2D eigenvalue weighted by atomic mass is 9.70. The van der Waals surface area contributed by atoms with E-state index in [0.717, 1.165) is 11.1 Å². The van der Waals surface area contributed by atoms with Crippen LogP contribution < -0.4 is 0 Å². The van der Waals surface area contributed by atoms with Crippen molar-refractivity contribution < 1.29 is 18.9 Å². The minimum Gasteiger partial charge on any atom is -0.469 e. The van der Waals surface area contributed by atoms with Gasteiger partial charge in [0.2, 0.25) is 0 Å². The van der Waals surface area contributed by atoms with Crippen LogP contribution in [0.25, 0.3) is 5.57 Å². The zero-order valence-electron chi connectivity index (χ0n) is 16.4. The summed E-state index contributed by atoms with van der Waals surface area (Å²) in [6.07, 6.45) is 2.45. The highest BCUT2D eigenvalue weighted by Gasteiger charge is 2.52.